The molecule has 1 amide bonds. The molecular formula is C17H12BrClN2O2. The molecule has 4 nitrogen and oxygen atoms in total. The largest absolute Gasteiger partial charge is 0.356 e. The van der Waals surface area contributed by atoms with Gasteiger partial charge in [-0.3, -0.25) is 4.79 Å². The second kappa shape index (κ2) is 6.56. The molecule has 0 fully saturated rings. The summed E-state index contributed by atoms with van der Waals surface area (Å²) in [7, 11) is 0. The SMILES string of the molecule is CC(=O)N(Cl)c1cccc(-c2cc(-c3ccccc3Br)no2)c1. The van der Waals surface area contributed by atoms with Gasteiger partial charge in [-0.05, 0) is 18.2 Å². The number of hydrogen-bond donors (Lipinski definition) is 0. The topological polar surface area (TPSA) is 46.3 Å². The van der Waals surface area contributed by atoms with Crippen molar-refractivity contribution in [3.63, 3.8) is 0 Å². The summed E-state index contributed by atoms with van der Waals surface area (Å²) < 4.78 is 7.44. The van der Waals surface area contributed by atoms with Gasteiger partial charge in [-0.25, -0.2) is 4.42 Å². The third kappa shape index (κ3) is 3.30. The van der Waals surface area contributed by atoms with Crippen LogP contribution >= 0.6 is 27.7 Å². The maximum atomic E-state index is 11.4. The fraction of sp³-hybridized carbons (Fsp3) is 0.0588. The first-order chi connectivity index (χ1) is 11.1. The lowest BCUT2D eigenvalue weighted by Crippen LogP contribution is -2.16. The van der Waals surface area contributed by atoms with E-state index >= 15 is 0 Å². The Morgan fingerprint density at radius 2 is 1.96 bits per heavy atom. The first-order valence-corrected chi connectivity index (χ1v) is 7.98. The third-order valence-corrected chi connectivity index (χ3v) is 4.42. The van der Waals surface area contributed by atoms with Crippen LogP contribution in [0.15, 0.2) is 63.6 Å². The first kappa shape index (κ1) is 15.8. The Morgan fingerprint density at radius 3 is 2.70 bits per heavy atom. The van der Waals surface area contributed by atoms with E-state index in [2.05, 4.69) is 21.1 Å². The first-order valence-electron chi connectivity index (χ1n) is 6.85. The Bertz CT molecular complexity index is 863. The molecule has 0 spiro atoms. The van der Waals surface area contributed by atoms with Crippen molar-refractivity contribution in [2.75, 3.05) is 4.42 Å². The zero-order valence-electron chi connectivity index (χ0n) is 12.2. The Morgan fingerprint density at radius 1 is 1.17 bits per heavy atom. The molecule has 2 aromatic carbocycles. The highest BCUT2D eigenvalue weighted by molar-refractivity contribution is 9.10. The van der Waals surface area contributed by atoms with Crippen LogP contribution in [0.1, 0.15) is 6.92 Å². The molecule has 3 rings (SSSR count). The Hall–Kier alpha value is -2.11. The van der Waals surface area contributed by atoms with E-state index in [0.29, 0.717) is 11.4 Å². The van der Waals surface area contributed by atoms with Crippen LogP contribution < -0.4 is 4.42 Å². The standard InChI is InChI=1S/C17H12BrClN2O2/c1-11(22)21(19)13-6-4-5-12(9-13)17-10-16(20-23-17)14-7-2-3-8-15(14)18/h2-10H,1H3. The molecular weight excluding hydrogens is 380 g/mol. The van der Waals surface area contributed by atoms with Gasteiger partial charge < -0.3 is 4.52 Å². The second-order valence-electron chi connectivity index (χ2n) is 4.91. The summed E-state index contributed by atoms with van der Waals surface area (Å²) in [5.41, 5.74) is 3.05. The van der Waals surface area contributed by atoms with E-state index in [0.717, 1.165) is 25.7 Å². The van der Waals surface area contributed by atoms with E-state index in [4.69, 9.17) is 16.3 Å². The highest BCUT2D eigenvalue weighted by Gasteiger charge is 2.13. The fourth-order valence-electron chi connectivity index (χ4n) is 2.17. The molecule has 1 aromatic heterocycles. The number of hydrogen-bond acceptors (Lipinski definition) is 3. The second-order valence-corrected chi connectivity index (χ2v) is 6.10. The van der Waals surface area contributed by atoms with Crippen LogP contribution in [-0.2, 0) is 4.79 Å². The number of nitrogens with zero attached hydrogens (tertiary/aromatic N) is 2. The number of carbonyl (C=O) groups is 1. The van der Waals surface area contributed by atoms with Crippen LogP contribution in [0.25, 0.3) is 22.6 Å². The van der Waals surface area contributed by atoms with Gasteiger partial charge in [0.05, 0.1) is 5.69 Å². The van der Waals surface area contributed by atoms with Gasteiger partial charge in [0.25, 0.3) is 0 Å². The zero-order chi connectivity index (χ0) is 16.4. The van der Waals surface area contributed by atoms with Gasteiger partial charge in [-0.2, -0.15) is 0 Å². The van der Waals surface area contributed by atoms with Crippen LogP contribution in [0.4, 0.5) is 5.69 Å². The molecule has 0 unspecified atom stereocenters. The van der Waals surface area contributed by atoms with Gasteiger partial charge in [-0.1, -0.05) is 51.4 Å². The number of aromatic nitrogens is 1. The molecule has 116 valence electrons. The van der Waals surface area contributed by atoms with Crippen molar-refractivity contribution in [2.45, 2.75) is 6.92 Å². The molecule has 0 aliphatic rings. The summed E-state index contributed by atoms with van der Waals surface area (Å²) in [6.07, 6.45) is 0. The average Bonchev–Trinajstić information content (AvgIpc) is 3.04. The molecule has 0 saturated heterocycles. The Balaban J connectivity index is 1.97. The minimum absolute atomic E-state index is 0.254. The van der Waals surface area contributed by atoms with E-state index in [1.807, 2.05) is 42.5 Å². The number of halogens is 2. The summed E-state index contributed by atoms with van der Waals surface area (Å²) in [4.78, 5) is 11.4. The molecule has 0 radical (unpaired) electrons. The maximum Gasteiger partial charge on any atom is 0.238 e. The van der Waals surface area contributed by atoms with Gasteiger partial charge in [0, 0.05) is 40.4 Å². The number of benzene rings is 2. The molecule has 0 aliphatic carbocycles. The minimum atomic E-state index is -0.254. The smallest absolute Gasteiger partial charge is 0.238 e. The predicted molar refractivity (Wildman–Crippen MR) is 94.1 cm³/mol. The number of carbonyl (C=O) groups excluding carboxylic acids is 1. The van der Waals surface area contributed by atoms with Crippen LogP contribution in [0.2, 0.25) is 0 Å². The van der Waals surface area contributed by atoms with Crippen molar-refractivity contribution in [1.29, 1.82) is 0 Å². The van der Waals surface area contributed by atoms with Crippen molar-refractivity contribution >= 4 is 39.3 Å². The fourth-order valence-corrected chi connectivity index (χ4v) is 2.76. The quantitative estimate of drug-likeness (QED) is 0.571. The van der Waals surface area contributed by atoms with Crippen LogP contribution in [0, 0.1) is 0 Å². The molecule has 0 atom stereocenters. The summed E-state index contributed by atoms with van der Waals surface area (Å²) in [6.45, 7) is 1.40. The van der Waals surface area contributed by atoms with E-state index in [-0.39, 0.29) is 5.91 Å². The Labute approximate surface area is 146 Å². The number of rotatable bonds is 3. The molecule has 3 aromatic rings. The van der Waals surface area contributed by atoms with Gasteiger partial charge in [0.2, 0.25) is 5.91 Å². The monoisotopic (exact) mass is 390 g/mol. The lowest BCUT2D eigenvalue weighted by Gasteiger charge is -2.11. The summed E-state index contributed by atoms with van der Waals surface area (Å²) in [6, 6.07) is 16.8. The van der Waals surface area contributed by atoms with Crippen LogP contribution in [0.3, 0.4) is 0 Å². The average molecular weight is 392 g/mol. The highest BCUT2D eigenvalue weighted by atomic mass is 79.9. The van der Waals surface area contributed by atoms with Crippen molar-refractivity contribution in [3.8, 4) is 22.6 Å². The maximum absolute atomic E-state index is 11.4. The summed E-state index contributed by atoms with van der Waals surface area (Å²) in [5, 5.41) is 4.11. The predicted octanol–water partition coefficient (Wildman–Crippen LogP) is 5.28. The lowest BCUT2D eigenvalue weighted by molar-refractivity contribution is -0.115. The van der Waals surface area contributed by atoms with Gasteiger partial charge in [0.15, 0.2) is 5.76 Å². The zero-order valence-corrected chi connectivity index (χ0v) is 14.5. The van der Waals surface area contributed by atoms with Gasteiger partial charge >= 0.3 is 0 Å². The van der Waals surface area contributed by atoms with Crippen molar-refractivity contribution in [3.05, 3.63) is 59.1 Å². The van der Waals surface area contributed by atoms with E-state index in [1.54, 1.807) is 12.1 Å². The van der Waals surface area contributed by atoms with Gasteiger partial charge in [0.1, 0.15) is 5.69 Å². The molecule has 1 heterocycles. The van der Waals surface area contributed by atoms with E-state index < -0.39 is 0 Å². The van der Waals surface area contributed by atoms with Crippen LogP contribution in [0.5, 0.6) is 0 Å². The normalized spacial score (nSPS) is 10.6. The summed E-state index contributed by atoms with van der Waals surface area (Å²) >= 11 is 9.46. The molecule has 23 heavy (non-hydrogen) atoms. The minimum Gasteiger partial charge on any atom is -0.356 e. The Kier molecular flexibility index (Phi) is 4.50. The molecule has 0 N–H and O–H groups in total. The summed E-state index contributed by atoms with van der Waals surface area (Å²) in [5.74, 6) is 0.349. The number of anilines is 1. The highest BCUT2D eigenvalue weighted by Crippen LogP contribution is 2.32. The molecule has 0 aliphatic heterocycles. The molecule has 0 bridgehead atoms. The van der Waals surface area contributed by atoms with Crippen molar-refractivity contribution in [2.24, 2.45) is 0 Å². The molecule has 6 heteroatoms. The lowest BCUT2D eigenvalue weighted by atomic mass is 10.1. The van der Waals surface area contributed by atoms with Crippen molar-refractivity contribution < 1.29 is 9.32 Å². The van der Waals surface area contributed by atoms with Crippen LogP contribution in [-0.4, -0.2) is 11.1 Å². The van der Waals surface area contributed by atoms with Gasteiger partial charge in [-0.15, -0.1) is 0 Å². The molecule has 0 saturated carbocycles. The van der Waals surface area contributed by atoms with Crippen molar-refractivity contribution in [1.82, 2.24) is 5.16 Å². The number of amides is 1. The third-order valence-electron chi connectivity index (χ3n) is 3.29. The van der Waals surface area contributed by atoms with E-state index in [9.17, 15) is 4.79 Å². The van der Waals surface area contributed by atoms with E-state index in [1.165, 1.54) is 6.92 Å².